The second kappa shape index (κ2) is 12.0. The van der Waals surface area contributed by atoms with Gasteiger partial charge < -0.3 is 14.8 Å². The molecule has 39 heavy (non-hydrogen) atoms. The van der Waals surface area contributed by atoms with Gasteiger partial charge in [0.25, 0.3) is 5.69 Å². The SMILES string of the molecule is COC(=O)C1=C(C)NC(C)=C(C(=O)OC(C=Cc2ccccc2)c2ccccc2)C1c1cccc([N+](=O)[O-])c1. The fraction of sp³-hybridized carbons (Fsp3) is 0.161. The average molecular weight is 525 g/mol. The summed E-state index contributed by atoms with van der Waals surface area (Å²) >= 11 is 0. The Balaban J connectivity index is 1.77. The monoisotopic (exact) mass is 524 g/mol. The van der Waals surface area contributed by atoms with Gasteiger partial charge in [0.05, 0.1) is 29.1 Å². The number of non-ortho nitro benzene ring substituents is 1. The topological polar surface area (TPSA) is 108 Å². The van der Waals surface area contributed by atoms with E-state index in [0.717, 1.165) is 11.1 Å². The quantitative estimate of drug-likeness (QED) is 0.219. The molecule has 3 aromatic carbocycles. The molecule has 0 saturated carbocycles. The van der Waals surface area contributed by atoms with Crippen molar-refractivity contribution in [2.75, 3.05) is 7.11 Å². The summed E-state index contributed by atoms with van der Waals surface area (Å²) in [6, 6.07) is 24.8. The molecule has 4 rings (SSSR count). The lowest BCUT2D eigenvalue weighted by atomic mass is 9.80. The van der Waals surface area contributed by atoms with Crippen LogP contribution in [-0.2, 0) is 19.1 Å². The van der Waals surface area contributed by atoms with Crippen molar-refractivity contribution in [2.45, 2.75) is 25.9 Å². The van der Waals surface area contributed by atoms with Crippen LogP contribution in [0.1, 0.15) is 42.6 Å². The molecule has 0 aliphatic carbocycles. The van der Waals surface area contributed by atoms with Crippen molar-refractivity contribution in [2.24, 2.45) is 0 Å². The van der Waals surface area contributed by atoms with Crippen molar-refractivity contribution in [1.82, 2.24) is 5.32 Å². The number of rotatable bonds is 8. The molecule has 2 unspecified atom stereocenters. The smallest absolute Gasteiger partial charge is 0.337 e. The third-order valence-electron chi connectivity index (χ3n) is 6.43. The van der Waals surface area contributed by atoms with Crippen LogP contribution in [0, 0.1) is 10.1 Å². The van der Waals surface area contributed by atoms with Crippen LogP contribution in [0.4, 0.5) is 5.69 Å². The molecule has 3 aromatic rings. The molecule has 0 bridgehead atoms. The summed E-state index contributed by atoms with van der Waals surface area (Å²) in [6.45, 7) is 3.40. The predicted molar refractivity (Wildman–Crippen MR) is 147 cm³/mol. The Bertz CT molecular complexity index is 1480. The van der Waals surface area contributed by atoms with E-state index in [0.29, 0.717) is 17.0 Å². The van der Waals surface area contributed by atoms with Gasteiger partial charge >= 0.3 is 11.9 Å². The summed E-state index contributed by atoms with van der Waals surface area (Å²) in [5.74, 6) is -2.27. The van der Waals surface area contributed by atoms with E-state index in [9.17, 15) is 19.7 Å². The van der Waals surface area contributed by atoms with Crippen molar-refractivity contribution in [1.29, 1.82) is 0 Å². The maximum atomic E-state index is 13.9. The minimum Gasteiger partial charge on any atom is -0.466 e. The Morgan fingerprint density at radius 3 is 2.13 bits per heavy atom. The van der Waals surface area contributed by atoms with Crippen LogP contribution < -0.4 is 5.32 Å². The normalized spacial score (nSPS) is 16.0. The molecule has 0 spiro atoms. The number of nitrogens with one attached hydrogen (secondary N) is 1. The van der Waals surface area contributed by atoms with Crippen LogP contribution in [0.25, 0.3) is 6.08 Å². The van der Waals surface area contributed by atoms with Gasteiger partial charge in [-0.15, -0.1) is 0 Å². The largest absolute Gasteiger partial charge is 0.466 e. The number of nitro benzene ring substituents is 1. The molecule has 0 saturated heterocycles. The maximum Gasteiger partial charge on any atom is 0.337 e. The van der Waals surface area contributed by atoms with E-state index in [4.69, 9.17) is 9.47 Å². The number of carbonyl (C=O) groups is 2. The number of benzene rings is 3. The molecular formula is C31H28N2O6. The second-order valence-electron chi connectivity index (χ2n) is 8.99. The first-order chi connectivity index (χ1) is 18.8. The Kier molecular flexibility index (Phi) is 8.36. The van der Waals surface area contributed by atoms with Crippen molar-refractivity contribution in [3.8, 4) is 0 Å². The number of dihydropyridines is 1. The van der Waals surface area contributed by atoms with Gasteiger partial charge in [-0.25, -0.2) is 9.59 Å². The molecule has 198 valence electrons. The molecule has 0 amide bonds. The van der Waals surface area contributed by atoms with Gasteiger partial charge in [-0.3, -0.25) is 10.1 Å². The highest BCUT2D eigenvalue weighted by molar-refractivity contribution is 6.00. The number of ether oxygens (including phenoxy) is 2. The minimum atomic E-state index is -0.944. The molecule has 1 aliphatic rings. The lowest BCUT2D eigenvalue weighted by Crippen LogP contribution is -2.32. The Morgan fingerprint density at radius 1 is 0.897 bits per heavy atom. The molecule has 8 heteroatoms. The number of nitro groups is 1. The van der Waals surface area contributed by atoms with Gasteiger partial charge in [-0.1, -0.05) is 78.9 Å². The Morgan fingerprint density at radius 2 is 1.51 bits per heavy atom. The zero-order chi connectivity index (χ0) is 27.9. The summed E-state index contributed by atoms with van der Waals surface area (Å²) in [7, 11) is 1.25. The summed E-state index contributed by atoms with van der Waals surface area (Å²) < 4.78 is 11.1. The molecule has 8 nitrogen and oxygen atoms in total. The van der Waals surface area contributed by atoms with Crippen molar-refractivity contribution < 1.29 is 24.0 Å². The molecule has 2 atom stereocenters. The van der Waals surface area contributed by atoms with Crippen LogP contribution in [0.15, 0.2) is 114 Å². The third-order valence-corrected chi connectivity index (χ3v) is 6.43. The first kappa shape index (κ1) is 27.1. The van der Waals surface area contributed by atoms with E-state index in [1.165, 1.54) is 25.3 Å². The summed E-state index contributed by atoms with van der Waals surface area (Å²) in [6.07, 6.45) is 2.92. The highest BCUT2D eigenvalue weighted by Gasteiger charge is 2.39. The fourth-order valence-electron chi connectivity index (χ4n) is 4.60. The zero-order valence-electron chi connectivity index (χ0n) is 21.8. The number of allylic oxidation sites excluding steroid dienone is 2. The molecule has 1 aliphatic heterocycles. The van der Waals surface area contributed by atoms with Crippen LogP contribution in [0.5, 0.6) is 0 Å². The Hall–Kier alpha value is -4.98. The second-order valence-corrected chi connectivity index (χ2v) is 8.99. The molecular weight excluding hydrogens is 496 g/mol. The van der Waals surface area contributed by atoms with Gasteiger partial charge in [0, 0.05) is 23.5 Å². The summed E-state index contributed by atoms with van der Waals surface area (Å²) in [5.41, 5.74) is 3.22. The minimum absolute atomic E-state index is 0.161. The average Bonchev–Trinajstić information content (AvgIpc) is 2.95. The number of hydrogen-bond donors (Lipinski definition) is 1. The van der Waals surface area contributed by atoms with Gasteiger partial charge in [0.1, 0.15) is 6.10 Å². The maximum absolute atomic E-state index is 13.9. The van der Waals surface area contributed by atoms with E-state index in [1.807, 2.05) is 66.7 Å². The number of hydrogen-bond acceptors (Lipinski definition) is 7. The standard InChI is InChI=1S/C31H28N2O6/c1-20-27(30(34)38-3)29(24-15-10-16-25(19-24)33(36)37)28(21(2)32-20)31(35)39-26(23-13-8-5-9-14-23)18-17-22-11-6-4-7-12-22/h4-19,26,29,32H,1-3H3. The van der Waals surface area contributed by atoms with Crippen LogP contribution in [0.2, 0.25) is 0 Å². The van der Waals surface area contributed by atoms with Gasteiger partial charge in [0.2, 0.25) is 0 Å². The zero-order valence-corrected chi connectivity index (χ0v) is 21.8. The van der Waals surface area contributed by atoms with Gasteiger partial charge in [-0.05, 0) is 36.6 Å². The highest BCUT2D eigenvalue weighted by atomic mass is 16.6. The van der Waals surface area contributed by atoms with Crippen LogP contribution >= 0.6 is 0 Å². The van der Waals surface area contributed by atoms with E-state index >= 15 is 0 Å². The summed E-state index contributed by atoms with van der Waals surface area (Å²) in [5, 5.41) is 14.6. The van der Waals surface area contributed by atoms with E-state index in [1.54, 1.807) is 26.0 Å². The van der Waals surface area contributed by atoms with Crippen molar-refractivity contribution >= 4 is 23.7 Å². The van der Waals surface area contributed by atoms with Crippen molar-refractivity contribution in [3.05, 3.63) is 140 Å². The number of carbonyl (C=O) groups excluding carboxylic acids is 2. The fourth-order valence-corrected chi connectivity index (χ4v) is 4.60. The van der Waals surface area contributed by atoms with E-state index in [-0.39, 0.29) is 16.8 Å². The molecule has 1 N–H and O–H groups in total. The van der Waals surface area contributed by atoms with E-state index in [2.05, 4.69) is 5.32 Å². The molecule has 0 fully saturated rings. The number of methoxy groups -OCH3 is 1. The number of nitrogens with zero attached hydrogens (tertiary/aromatic N) is 1. The van der Waals surface area contributed by atoms with Crippen molar-refractivity contribution in [3.63, 3.8) is 0 Å². The Labute approximate surface area is 226 Å². The third kappa shape index (κ3) is 6.13. The molecule has 0 radical (unpaired) electrons. The van der Waals surface area contributed by atoms with Crippen LogP contribution in [-0.4, -0.2) is 24.0 Å². The number of esters is 2. The highest BCUT2D eigenvalue weighted by Crippen LogP contribution is 2.41. The lowest BCUT2D eigenvalue weighted by Gasteiger charge is -2.31. The predicted octanol–water partition coefficient (Wildman–Crippen LogP) is 6.00. The first-order valence-electron chi connectivity index (χ1n) is 12.3. The van der Waals surface area contributed by atoms with Crippen LogP contribution in [0.3, 0.4) is 0 Å². The van der Waals surface area contributed by atoms with Gasteiger partial charge in [0.15, 0.2) is 0 Å². The van der Waals surface area contributed by atoms with Gasteiger partial charge in [-0.2, -0.15) is 0 Å². The molecule has 0 aromatic heterocycles. The first-order valence-corrected chi connectivity index (χ1v) is 12.3. The van der Waals surface area contributed by atoms with E-state index < -0.39 is 28.9 Å². The molecule has 1 heterocycles. The lowest BCUT2D eigenvalue weighted by molar-refractivity contribution is -0.384. The summed E-state index contributed by atoms with van der Waals surface area (Å²) in [4.78, 5) is 37.8.